The van der Waals surface area contributed by atoms with Gasteiger partial charge in [-0.3, -0.25) is 0 Å². The van der Waals surface area contributed by atoms with Crippen LogP contribution in [-0.2, 0) is 0 Å². The molecule has 72 valence electrons. The van der Waals surface area contributed by atoms with Crippen LogP contribution in [0.5, 0.6) is 5.75 Å². The standard InChI is InChI=1S/C10H13IO2/c11-9-5-1-2-6-10(9)13-8-4-3-7-12/h1-2,5-6,12H,3-4,7-8H2. The van der Waals surface area contributed by atoms with Gasteiger partial charge in [-0.15, -0.1) is 0 Å². The molecule has 0 spiro atoms. The minimum absolute atomic E-state index is 0.245. The second-order valence-corrected chi connectivity index (χ2v) is 3.87. The number of benzene rings is 1. The van der Waals surface area contributed by atoms with Gasteiger partial charge in [0.05, 0.1) is 10.2 Å². The highest BCUT2D eigenvalue weighted by Gasteiger charge is 1.97. The first kappa shape index (κ1) is 10.8. The first-order valence-electron chi connectivity index (χ1n) is 4.33. The van der Waals surface area contributed by atoms with Gasteiger partial charge in [0.2, 0.25) is 0 Å². The molecular weight excluding hydrogens is 279 g/mol. The summed E-state index contributed by atoms with van der Waals surface area (Å²) in [7, 11) is 0. The summed E-state index contributed by atoms with van der Waals surface area (Å²) in [6.07, 6.45) is 1.71. The number of ether oxygens (including phenoxy) is 1. The van der Waals surface area contributed by atoms with Gasteiger partial charge >= 0.3 is 0 Å². The summed E-state index contributed by atoms with van der Waals surface area (Å²) in [5.74, 6) is 0.932. The van der Waals surface area contributed by atoms with Gasteiger partial charge in [-0.2, -0.15) is 0 Å². The van der Waals surface area contributed by atoms with E-state index in [4.69, 9.17) is 9.84 Å². The molecule has 3 heteroatoms. The zero-order valence-electron chi connectivity index (χ0n) is 7.37. The first-order chi connectivity index (χ1) is 6.34. The number of unbranched alkanes of at least 4 members (excludes halogenated alkanes) is 1. The maximum atomic E-state index is 8.56. The molecule has 1 aromatic carbocycles. The number of aliphatic hydroxyl groups excluding tert-OH is 1. The average Bonchev–Trinajstić information content (AvgIpc) is 2.15. The Bertz CT molecular complexity index is 250. The van der Waals surface area contributed by atoms with Gasteiger partial charge in [0.15, 0.2) is 0 Å². The number of rotatable bonds is 5. The van der Waals surface area contributed by atoms with Crippen molar-refractivity contribution < 1.29 is 9.84 Å². The molecule has 0 aliphatic rings. The summed E-state index contributed by atoms with van der Waals surface area (Å²) >= 11 is 2.25. The maximum Gasteiger partial charge on any atom is 0.132 e. The van der Waals surface area contributed by atoms with Gasteiger partial charge < -0.3 is 9.84 Å². The van der Waals surface area contributed by atoms with Crippen LogP contribution in [0.2, 0.25) is 0 Å². The fraction of sp³-hybridized carbons (Fsp3) is 0.400. The molecule has 0 aromatic heterocycles. The molecule has 2 nitrogen and oxygen atoms in total. The van der Waals surface area contributed by atoms with Crippen molar-refractivity contribution in [3.63, 3.8) is 0 Å². The fourth-order valence-corrected chi connectivity index (χ4v) is 1.50. The van der Waals surface area contributed by atoms with Gasteiger partial charge in [-0.25, -0.2) is 0 Å². The van der Waals surface area contributed by atoms with Crippen molar-refractivity contribution in [3.8, 4) is 5.75 Å². The smallest absolute Gasteiger partial charge is 0.132 e. The molecule has 0 radical (unpaired) electrons. The predicted octanol–water partition coefficient (Wildman–Crippen LogP) is 2.44. The molecular formula is C10H13IO2. The fourth-order valence-electron chi connectivity index (χ4n) is 0.958. The minimum atomic E-state index is 0.245. The summed E-state index contributed by atoms with van der Waals surface area (Å²) in [4.78, 5) is 0. The van der Waals surface area contributed by atoms with Crippen molar-refractivity contribution in [1.82, 2.24) is 0 Å². The van der Waals surface area contributed by atoms with Gasteiger partial charge in [0.1, 0.15) is 5.75 Å². The molecule has 0 atom stereocenters. The molecule has 0 bridgehead atoms. The Morgan fingerprint density at radius 2 is 2.00 bits per heavy atom. The monoisotopic (exact) mass is 292 g/mol. The molecule has 0 fully saturated rings. The van der Waals surface area contributed by atoms with Crippen molar-refractivity contribution in [2.45, 2.75) is 12.8 Å². The van der Waals surface area contributed by atoms with Crippen LogP contribution < -0.4 is 4.74 Å². The molecule has 1 rings (SSSR count). The van der Waals surface area contributed by atoms with Gasteiger partial charge in [0, 0.05) is 6.61 Å². The summed E-state index contributed by atoms with van der Waals surface area (Å²) in [6.45, 7) is 0.926. The van der Waals surface area contributed by atoms with Crippen molar-refractivity contribution in [1.29, 1.82) is 0 Å². The molecule has 0 amide bonds. The second-order valence-electron chi connectivity index (χ2n) is 2.71. The van der Waals surface area contributed by atoms with Crippen molar-refractivity contribution in [2.24, 2.45) is 0 Å². The third kappa shape index (κ3) is 3.95. The highest BCUT2D eigenvalue weighted by Crippen LogP contribution is 2.19. The van der Waals surface area contributed by atoms with Crippen LogP contribution in [0.3, 0.4) is 0 Å². The zero-order chi connectivity index (χ0) is 9.52. The Hall–Kier alpha value is -0.290. The van der Waals surface area contributed by atoms with E-state index in [0.717, 1.165) is 22.2 Å². The summed E-state index contributed by atoms with van der Waals surface area (Å²) < 4.78 is 6.65. The maximum absolute atomic E-state index is 8.56. The Morgan fingerprint density at radius 1 is 1.23 bits per heavy atom. The van der Waals surface area contributed by atoms with E-state index in [9.17, 15) is 0 Å². The van der Waals surface area contributed by atoms with E-state index in [1.165, 1.54) is 0 Å². The highest BCUT2D eigenvalue weighted by molar-refractivity contribution is 14.1. The van der Waals surface area contributed by atoms with E-state index < -0.39 is 0 Å². The summed E-state index contributed by atoms with van der Waals surface area (Å²) in [5.41, 5.74) is 0. The average molecular weight is 292 g/mol. The van der Waals surface area contributed by atoms with Crippen LogP contribution in [0.4, 0.5) is 0 Å². The van der Waals surface area contributed by atoms with Crippen LogP contribution in [0, 0.1) is 3.57 Å². The lowest BCUT2D eigenvalue weighted by Gasteiger charge is -2.06. The molecule has 1 aromatic rings. The van der Waals surface area contributed by atoms with Crippen LogP contribution in [0.25, 0.3) is 0 Å². The van der Waals surface area contributed by atoms with E-state index in [1.807, 2.05) is 24.3 Å². The molecule has 0 saturated heterocycles. The van der Waals surface area contributed by atoms with Crippen LogP contribution in [-0.4, -0.2) is 18.3 Å². The molecule has 0 aliphatic carbocycles. The van der Waals surface area contributed by atoms with E-state index >= 15 is 0 Å². The summed E-state index contributed by atoms with van der Waals surface area (Å²) in [6, 6.07) is 7.93. The quantitative estimate of drug-likeness (QED) is 0.667. The Labute approximate surface area is 92.1 Å². The number of para-hydroxylation sites is 1. The zero-order valence-corrected chi connectivity index (χ0v) is 9.53. The Kier molecular flexibility index (Phi) is 5.15. The van der Waals surface area contributed by atoms with Crippen LogP contribution in [0.1, 0.15) is 12.8 Å². The lowest BCUT2D eigenvalue weighted by atomic mass is 10.3. The third-order valence-corrected chi connectivity index (χ3v) is 2.54. The molecule has 0 saturated carbocycles. The lowest BCUT2D eigenvalue weighted by Crippen LogP contribution is -1.99. The normalized spacial score (nSPS) is 10.0. The largest absolute Gasteiger partial charge is 0.492 e. The number of halogens is 1. The summed E-state index contributed by atoms with van der Waals surface area (Å²) in [5, 5.41) is 8.56. The first-order valence-corrected chi connectivity index (χ1v) is 5.40. The lowest BCUT2D eigenvalue weighted by molar-refractivity contribution is 0.252. The van der Waals surface area contributed by atoms with Crippen LogP contribution in [0.15, 0.2) is 24.3 Å². The van der Waals surface area contributed by atoms with Crippen molar-refractivity contribution in [2.75, 3.05) is 13.2 Å². The Morgan fingerprint density at radius 3 is 2.69 bits per heavy atom. The highest BCUT2D eigenvalue weighted by atomic mass is 127. The topological polar surface area (TPSA) is 29.5 Å². The van der Waals surface area contributed by atoms with E-state index in [0.29, 0.717) is 6.61 Å². The van der Waals surface area contributed by atoms with E-state index in [1.54, 1.807) is 0 Å². The number of hydrogen-bond acceptors (Lipinski definition) is 2. The number of hydrogen-bond donors (Lipinski definition) is 1. The molecule has 13 heavy (non-hydrogen) atoms. The second kappa shape index (κ2) is 6.21. The molecule has 0 unspecified atom stereocenters. The number of aliphatic hydroxyl groups is 1. The molecule has 1 N–H and O–H groups in total. The van der Waals surface area contributed by atoms with E-state index in [-0.39, 0.29) is 6.61 Å². The molecule has 0 heterocycles. The predicted molar refractivity (Wildman–Crippen MR) is 61.0 cm³/mol. The Balaban J connectivity index is 2.32. The third-order valence-electron chi connectivity index (χ3n) is 1.65. The van der Waals surface area contributed by atoms with E-state index in [2.05, 4.69) is 22.6 Å². The van der Waals surface area contributed by atoms with Gasteiger partial charge in [-0.05, 0) is 47.6 Å². The van der Waals surface area contributed by atoms with Gasteiger partial charge in [-0.1, -0.05) is 12.1 Å². The SMILES string of the molecule is OCCCCOc1ccccc1I. The minimum Gasteiger partial charge on any atom is -0.492 e. The van der Waals surface area contributed by atoms with Crippen molar-refractivity contribution >= 4 is 22.6 Å². The van der Waals surface area contributed by atoms with Crippen LogP contribution >= 0.6 is 22.6 Å². The van der Waals surface area contributed by atoms with Gasteiger partial charge in [0.25, 0.3) is 0 Å². The van der Waals surface area contributed by atoms with Crippen molar-refractivity contribution in [3.05, 3.63) is 27.8 Å². The molecule has 0 aliphatic heterocycles.